The van der Waals surface area contributed by atoms with Crippen LogP contribution in [0, 0.1) is 5.92 Å². The van der Waals surface area contributed by atoms with Crippen LogP contribution >= 0.6 is 11.6 Å². The van der Waals surface area contributed by atoms with E-state index in [4.69, 9.17) is 11.6 Å². The summed E-state index contributed by atoms with van der Waals surface area (Å²) >= 11 is 6.54. The molecule has 1 heterocycles. The van der Waals surface area contributed by atoms with Crippen molar-refractivity contribution < 1.29 is 9.59 Å². The first-order valence-corrected chi connectivity index (χ1v) is 11.2. The van der Waals surface area contributed by atoms with E-state index in [9.17, 15) is 9.59 Å². The van der Waals surface area contributed by atoms with Crippen LogP contribution in [-0.2, 0) is 10.2 Å². The molecule has 0 radical (unpaired) electrons. The third-order valence-electron chi connectivity index (χ3n) is 5.64. The number of nitrogens with zero attached hydrogens (tertiary/aromatic N) is 2. The molecule has 1 aliphatic rings. The highest BCUT2D eigenvalue weighted by atomic mass is 35.5. The van der Waals surface area contributed by atoms with Crippen LogP contribution in [-0.4, -0.2) is 42.9 Å². The molecule has 0 bridgehead atoms. The number of amides is 2. The van der Waals surface area contributed by atoms with Gasteiger partial charge in [-0.3, -0.25) is 9.59 Å². The predicted octanol–water partition coefficient (Wildman–Crippen LogP) is 5.19. The second-order valence-electron chi connectivity index (χ2n) is 9.41. The molecule has 1 saturated heterocycles. The minimum Gasteiger partial charge on any atom is -0.367 e. The van der Waals surface area contributed by atoms with Crippen LogP contribution in [0.5, 0.6) is 0 Å². The van der Waals surface area contributed by atoms with Gasteiger partial charge in [0.2, 0.25) is 5.91 Å². The zero-order valence-electron chi connectivity index (χ0n) is 19.0. The van der Waals surface area contributed by atoms with E-state index in [1.54, 1.807) is 6.07 Å². The van der Waals surface area contributed by atoms with Crippen molar-refractivity contribution in [2.24, 2.45) is 5.92 Å². The van der Waals surface area contributed by atoms with Gasteiger partial charge < -0.3 is 15.1 Å². The van der Waals surface area contributed by atoms with Gasteiger partial charge in [0.1, 0.15) is 0 Å². The Morgan fingerprint density at radius 2 is 1.58 bits per heavy atom. The third-order valence-corrected chi connectivity index (χ3v) is 5.95. The lowest BCUT2D eigenvalue weighted by atomic mass is 9.87. The third kappa shape index (κ3) is 5.59. The maximum Gasteiger partial charge on any atom is 0.255 e. The number of hydrogen-bond acceptors (Lipinski definition) is 3. The lowest BCUT2D eigenvalue weighted by Crippen LogP contribution is -2.50. The first-order valence-electron chi connectivity index (χ1n) is 10.8. The number of carbonyl (C=O) groups is 2. The average molecular weight is 442 g/mol. The Bertz CT molecular complexity index is 940. The fraction of sp³-hybridized carbons (Fsp3) is 0.440. The van der Waals surface area contributed by atoms with Gasteiger partial charge >= 0.3 is 0 Å². The molecule has 1 fully saturated rings. The van der Waals surface area contributed by atoms with Crippen LogP contribution in [0.3, 0.4) is 0 Å². The van der Waals surface area contributed by atoms with Crippen LogP contribution in [0.15, 0.2) is 42.5 Å². The quantitative estimate of drug-likeness (QED) is 0.709. The summed E-state index contributed by atoms with van der Waals surface area (Å²) in [6, 6.07) is 13.3. The van der Waals surface area contributed by atoms with Crippen LogP contribution in [0.2, 0.25) is 5.02 Å². The summed E-state index contributed by atoms with van der Waals surface area (Å²) in [5.74, 6) is 0.0483. The predicted molar refractivity (Wildman–Crippen MR) is 128 cm³/mol. The Morgan fingerprint density at radius 3 is 2.10 bits per heavy atom. The fourth-order valence-corrected chi connectivity index (χ4v) is 4.00. The summed E-state index contributed by atoms with van der Waals surface area (Å²) < 4.78 is 0. The van der Waals surface area contributed by atoms with E-state index >= 15 is 0 Å². The Hall–Kier alpha value is -2.53. The van der Waals surface area contributed by atoms with Gasteiger partial charge in [-0.05, 0) is 41.3 Å². The van der Waals surface area contributed by atoms with Gasteiger partial charge in [0, 0.05) is 43.3 Å². The molecule has 5 nitrogen and oxygen atoms in total. The molecule has 0 saturated carbocycles. The Kier molecular flexibility index (Phi) is 6.95. The largest absolute Gasteiger partial charge is 0.367 e. The first kappa shape index (κ1) is 23.1. The van der Waals surface area contributed by atoms with Gasteiger partial charge in [0.05, 0.1) is 10.7 Å². The van der Waals surface area contributed by atoms with Crippen LogP contribution in [0.1, 0.15) is 50.5 Å². The van der Waals surface area contributed by atoms with Gasteiger partial charge in [0.15, 0.2) is 0 Å². The Morgan fingerprint density at radius 1 is 0.968 bits per heavy atom. The van der Waals surface area contributed by atoms with E-state index in [0.717, 1.165) is 18.8 Å². The standard InChI is InChI=1S/C25H32ClN3O2/c1-17(2)24(31)29-14-12-28(13-15-29)22-11-10-20(16-21(22)26)27-23(30)18-6-8-19(9-7-18)25(3,4)5/h6-11,16-17H,12-15H2,1-5H3,(H,27,30). The maximum atomic E-state index is 12.6. The molecule has 31 heavy (non-hydrogen) atoms. The van der Waals surface area contributed by atoms with Crippen molar-refractivity contribution in [3.63, 3.8) is 0 Å². The highest BCUT2D eigenvalue weighted by molar-refractivity contribution is 6.33. The Balaban J connectivity index is 1.63. The minimum absolute atomic E-state index is 0.0164. The number of nitrogens with one attached hydrogen (secondary N) is 1. The lowest BCUT2D eigenvalue weighted by molar-refractivity contribution is -0.134. The molecule has 3 rings (SSSR count). The molecular formula is C25H32ClN3O2. The SMILES string of the molecule is CC(C)C(=O)N1CCN(c2ccc(NC(=O)c3ccc(C(C)(C)C)cc3)cc2Cl)CC1. The van der Waals surface area contributed by atoms with Gasteiger partial charge in [-0.1, -0.05) is 58.4 Å². The summed E-state index contributed by atoms with van der Waals surface area (Å²) in [7, 11) is 0. The van der Waals surface area contributed by atoms with Crippen molar-refractivity contribution in [1.29, 1.82) is 0 Å². The molecule has 2 aromatic carbocycles. The lowest BCUT2D eigenvalue weighted by Gasteiger charge is -2.37. The van der Waals surface area contributed by atoms with Gasteiger partial charge in [-0.2, -0.15) is 0 Å². The number of anilines is 2. The molecule has 0 unspecified atom stereocenters. The summed E-state index contributed by atoms with van der Waals surface area (Å²) in [5.41, 5.74) is 3.43. The highest BCUT2D eigenvalue weighted by Gasteiger charge is 2.24. The topological polar surface area (TPSA) is 52.7 Å². The number of rotatable bonds is 4. The van der Waals surface area contributed by atoms with E-state index in [-0.39, 0.29) is 23.1 Å². The molecule has 0 atom stereocenters. The number of hydrogen-bond donors (Lipinski definition) is 1. The summed E-state index contributed by atoms with van der Waals surface area (Å²) in [6.45, 7) is 13.2. The highest BCUT2D eigenvalue weighted by Crippen LogP contribution is 2.30. The van der Waals surface area contributed by atoms with Crippen molar-refractivity contribution in [3.05, 3.63) is 58.6 Å². The molecule has 2 amide bonds. The monoisotopic (exact) mass is 441 g/mol. The van der Waals surface area contributed by atoms with Crippen molar-refractivity contribution in [3.8, 4) is 0 Å². The second kappa shape index (κ2) is 9.31. The molecular weight excluding hydrogens is 410 g/mol. The molecule has 1 aliphatic heterocycles. The van der Waals surface area contributed by atoms with Gasteiger partial charge in [0.25, 0.3) is 5.91 Å². The number of benzene rings is 2. The summed E-state index contributed by atoms with van der Waals surface area (Å²) in [6.07, 6.45) is 0. The first-order chi connectivity index (χ1) is 14.6. The molecule has 0 spiro atoms. The minimum atomic E-state index is -0.162. The van der Waals surface area contributed by atoms with Crippen LogP contribution in [0.25, 0.3) is 0 Å². The zero-order chi connectivity index (χ0) is 22.8. The molecule has 2 aromatic rings. The molecule has 1 N–H and O–H groups in total. The zero-order valence-corrected chi connectivity index (χ0v) is 19.8. The fourth-order valence-electron chi connectivity index (χ4n) is 3.70. The van der Waals surface area contributed by atoms with Crippen molar-refractivity contribution in [2.75, 3.05) is 36.4 Å². The smallest absolute Gasteiger partial charge is 0.255 e. The molecule has 166 valence electrons. The van der Waals surface area contributed by atoms with Gasteiger partial charge in [-0.15, -0.1) is 0 Å². The molecule has 0 aliphatic carbocycles. The van der Waals surface area contributed by atoms with E-state index in [1.165, 1.54) is 5.56 Å². The van der Waals surface area contributed by atoms with E-state index < -0.39 is 0 Å². The van der Waals surface area contributed by atoms with Gasteiger partial charge in [-0.25, -0.2) is 0 Å². The summed E-state index contributed by atoms with van der Waals surface area (Å²) in [4.78, 5) is 28.9. The Labute approximate surface area is 190 Å². The van der Waals surface area contributed by atoms with Crippen molar-refractivity contribution in [1.82, 2.24) is 4.90 Å². The van der Waals surface area contributed by atoms with Crippen molar-refractivity contribution in [2.45, 2.75) is 40.0 Å². The summed E-state index contributed by atoms with van der Waals surface area (Å²) in [5, 5.41) is 3.51. The van der Waals surface area contributed by atoms with Crippen molar-refractivity contribution >= 4 is 34.8 Å². The van der Waals surface area contributed by atoms with Crippen LogP contribution < -0.4 is 10.2 Å². The normalized spacial score (nSPS) is 14.7. The number of halogens is 1. The second-order valence-corrected chi connectivity index (χ2v) is 9.82. The van der Waals surface area contributed by atoms with E-state index in [1.807, 2.05) is 55.1 Å². The van der Waals surface area contributed by atoms with Crippen LogP contribution in [0.4, 0.5) is 11.4 Å². The average Bonchev–Trinajstić information content (AvgIpc) is 2.73. The van der Waals surface area contributed by atoms with E-state index in [2.05, 4.69) is 31.0 Å². The maximum absolute atomic E-state index is 12.6. The number of piperazine rings is 1. The number of carbonyl (C=O) groups excluding carboxylic acids is 2. The van der Waals surface area contributed by atoms with E-state index in [0.29, 0.717) is 29.4 Å². The molecule has 0 aromatic heterocycles. The molecule has 6 heteroatoms.